The van der Waals surface area contributed by atoms with Crippen molar-refractivity contribution in [2.45, 2.75) is 13.3 Å². The molecule has 0 bridgehead atoms. The summed E-state index contributed by atoms with van der Waals surface area (Å²) in [6, 6.07) is 13.7. The van der Waals surface area contributed by atoms with Crippen molar-refractivity contribution in [3.05, 3.63) is 77.1 Å². The summed E-state index contributed by atoms with van der Waals surface area (Å²) in [4.78, 5) is 20.9. The summed E-state index contributed by atoms with van der Waals surface area (Å²) in [6.45, 7) is 2.39. The van der Waals surface area contributed by atoms with Crippen molar-refractivity contribution in [1.82, 2.24) is 15.3 Å². The molecule has 0 saturated carbocycles. The van der Waals surface area contributed by atoms with Crippen molar-refractivity contribution >= 4 is 23.3 Å². The Balaban J connectivity index is 1.52. The summed E-state index contributed by atoms with van der Waals surface area (Å²) >= 11 is 1.59. The van der Waals surface area contributed by atoms with Gasteiger partial charge in [0.15, 0.2) is 0 Å². The molecule has 0 aliphatic rings. The van der Waals surface area contributed by atoms with Gasteiger partial charge in [-0.15, -0.1) is 11.3 Å². The molecule has 2 aromatic heterocycles. The van der Waals surface area contributed by atoms with Crippen LogP contribution in [-0.4, -0.2) is 22.4 Å². The lowest BCUT2D eigenvalue weighted by Gasteiger charge is -2.04. The summed E-state index contributed by atoms with van der Waals surface area (Å²) in [5.74, 6) is -0.0495. The molecule has 0 spiro atoms. The molecule has 0 radical (unpaired) electrons. The highest BCUT2D eigenvalue weighted by atomic mass is 32.1. The van der Waals surface area contributed by atoms with Gasteiger partial charge in [-0.2, -0.15) is 0 Å². The van der Waals surface area contributed by atoms with E-state index in [0.717, 1.165) is 21.8 Å². The van der Waals surface area contributed by atoms with Gasteiger partial charge in [-0.25, -0.2) is 4.98 Å². The van der Waals surface area contributed by atoms with Crippen molar-refractivity contribution in [2.75, 3.05) is 6.54 Å². The molecule has 0 aliphatic carbocycles. The van der Waals surface area contributed by atoms with Crippen molar-refractivity contribution in [3.8, 4) is 10.6 Å². The Morgan fingerprint density at radius 1 is 1.20 bits per heavy atom. The third-order valence-electron chi connectivity index (χ3n) is 3.67. The molecule has 5 heteroatoms. The Morgan fingerprint density at radius 2 is 2.04 bits per heavy atom. The van der Waals surface area contributed by atoms with Gasteiger partial charge in [0.1, 0.15) is 5.01 Å². The van der Waals surface area contributed by atoms with Crippen LogP contribution in [0.25, 0.3) is 16.6 Å². The van der Waals surface area contributed by atoms with Gasteiger partial charge in [0.25, 0.3) is 0 Å². The molecule has 126 valence electrons. The second-order valence-corrected chi connectivity index (χ2v) is 6.49. The number of carbonyl (C=O) groups excluding carboxylic acids is 1. The molecule has 1 amide bonds. The Morgan fingerprint density at radius 3 is 2.80 bits per heavy atom. The Kier molecular flexibility index (Phi) is 5.69. The second kappa shape index (κ2) is 8.35. The van der Waals surface area contributed by atoms with Gasteiger partial charge >= 0.3 is 0 Å². The van der Waals surface area contributed by atoms with E-state index in [9.17, 15) is 4.79 Å². The summed E-state index contributed by atoms with van der Waals surface area (Å²) in [7, 11) is 0. The van der Waals surface area contributed by atoms with Crippen LogP contribution in [0.15, 0.2) is 65.8 Å². The minimum Gasteiger partial charge on any atom is -0.352 e. The molecule has 3 aromatic rings. The fraction of sp³-hybridized carbons (Fsp3) is 0.150. The molecule has 0 atom stereocenters. The number of pyridine rings is 1. The lowest BCUT2D eigenvalue weighted by molar-refractivity contribution is -0.117. The monoisotopic (exact) mass is 349 g/mol. The smallest absolute Gasteiger partial charge is 0.246 e. The number of hydrogen-bond acceptors (Lipinski definition) is 4. The summed E-state index contributed by atoms with van der Waals surface area (Å²) in [6.07, 6.45) is 6.15. The number of carbonyl (C=O) groups is 1. The van der Waals surface area contributed by atoms with Crippen LogP contribution in [0.4, 0.5) is 0 Å². The van der Waals surface area contributed by atoms with Crippen molar-refractivity contribution in [3.63, 3.8) is 0 Å². The molecule has 0 aliphatic heterocycles. The van der Waals surface area contributed by atoms with Crippen LogP contribution in [0, 0.1) is 0 Å². The number of nitrogens with one attached hydrogen (secondary N) is 1. The Labute approximate surface area is 151 Å². The van der Waals surface area contributed by atoms with Crippen LogP contribution < -0.4 is 5.32 Å². The molecule has 0 saturated heterocycles. The minimum atomic E-state index is -0.0495. The first-order chi connectivity index (χ1) is 12.2. The third-order valence-corrected chi connectivity index (χ3v) is 4.61. The van der Waals surface area contributed by atoms with Crippen LogP contribution in [0.3, 0.4) is 0 Å². The van der Waals surface area contributed by atoms with E-state index >= 15 is 0 Å². The number of aromatic nitrogens is 2. The zero-order valence-corrected chi connectivity index (χ0v) is 14.8. The number of amides is 1. The molecule has 3 rings (SSSR count). The van der Waals surface area contributed by atoms with E-state index in [0.29, 0.717) is 18.5 Å². The van der Waals surface area contributed by atoms with Gasteiger partial charge in [0, 0.05) is 41.9 Å². The predicted molar refractivity (Wildman–Crippen MR) is 102 cm³/mol. The van der Waals surface area contributed by atoms with E-state index in [1.54, 1.807) is 17.5 Å². The normalized spacial score (nSPS) is 11.3. The highest BCUT2D eigenvalue weighted by Gasteiger charge is 2.07. The maximum absolute atomic E-state index is 12.2. The van der Waals surface area contributed by atoms with Crippen molar-refractivity contribution in [2.24, 2.45) is 0 Å². The molecular weight excluding hydrogens is 330 g/mol. The van der Waals surface area contributed by atoms with Gasteiger partial charge in [0.2, 0.25) is 5.91 Å². The SMILES string of the molecule is C/C(=C\c1ccccc1)C(=O)NCCc1csc(-c2cccnc2)n1. The first-order valence-corrected chi connectivity index (χ1v) is 8.97. The lowest BCUT2D eigenvalue weighted by Crippen LogP contribution is -2.26. The fourth-order valence-corrected chi connectivity index (χ4v) is 3.20. The average Bonchev–Trinajstić information content (AvgIpc) is 3.12. The highest BCUT2D eigenvalue weighted by Crippen LogP contribution is 2.22. The topological polar surface area (TPSA) is 54.9 Å². The molecular formula is C20H19N3OS. The van der Waals surface area contributed by atoms with E-state index in [4.69, 9.17) is 0 Å². The maximum atomic E-state index is 12.2. The van der Waals surface area contributed by atoms with Gasteiger partial charge in [0.05, 0.1) is 5.69 Å². The third kappa shape index (κ3) is 4.84. The standard InChI is InChI=1S/C20H19N3OS/c1-15(12-16-6-3-2-4-7-16)19(24)22-11-9-18-14-25-20(23-18)17-8-5-10-21-13-17/h2-8,10,12-14H,9,11H2,1H3,(H,22,24)/b15-12+. The summed E-state index contributed by atoms with van der Waals surface area (Å²) in [5.41, 5.74) is 3.72. The van der Waals surface area contributed by atoms with Gasteiger partial charge in [-0.3, -0.25) is 9.78 Å². The second-order valence-electron chi connectivity index (χ2n) is 5.63. The zero-order chi connectivity index (χ0) is 17.5. The quantitative estimate of drug-likeness (QED) is 0.685. The van der Waals surface area contributed by atoms with E-state index in [1.807, 2.05) is 67.0 Å². The number of nitrogens with zero attached hydrogens (tertiary/aromatic N) is 2. The molecule has 2 heterocycles. The average molecular weight is 349 g/mol. The molecule has 0 fully saturated rings. The molecule has 1 aromatic carbocycles. The van der Waals surface area contributed by atoms with Crippen LogP contribution in [0.5, 0.6) is 0 Å². The molecule has 25 heavy (non-hydrogen) atoms. The number of rotatable bonds is 6. The molecule has 1 N–H and O–H groups in total. The molecule has 4 nitrogen and oxygen atoms in total. The predicted octanol–water partition coefficient (Wildman–Crippen LogP) is 3.97. The van der Waals surface area contributed by atoms with Crippen LogP contribution in [-0.2, 0) is 11.2 Å². The van der Waals surface area contributed by atoms with Crippen LogP contribution in [0.2, 0.25) is 0 Å². The lowest BCUT2D eigenvalue weighted by atomic mass is 10.1. The van der Waals surface area contributed by atoms with Crippen molar-refractivity contribution in [1.29, 1.82) is 0 Å². The van der Waals surface area contributed by atoms with E-state index < -0.39 is 0 Å². The Bertz CT molecular complexity index is 857. The zero-order valence-electron chi connectivity index (χ0n) is 14.0. The van der Waals surface area contributed by atoms with E-state index in [2.05, 4.69) is 15.3 Å². The maximum Gasteiger partial charge on any atom is 0.246 e. The fourth-order valence-electron chi connectivity index (χ4n) is 2.35. The number of hydrogen-bond donors (Lipinski definition) is 1. The number of thiazole rings is 1. The van der Waals surface area contributed by atoms with Crippen molar-refractivity contribution < 1.29 is 4.79 Å². The highest BCUT2D eigenvalue weighted by molar-refractivity contribution is 7.13. The first kappa shape index (κ1) is 17.0. The molecule has 0 unspecified atom stereocenters. The van der Waals surface area contributed by atoms with Gasteiger partial charge < -0.3 is 5.32 Å². The van der Waals surface area contributed by atoms with E-state index in [-0.39, 0.29) is 5.91 Å². The first-order valence-electron chi connectivity index (χ1n) is 8.09. The Hall–Kier alpha value is -2.79. The summed E-state index contributed by atoms with van der Waals surface area (Å²) in [5, 5.41) is 5.93. The van der Waals surface area contributed by atoms with Gasteiger partial charge in [-0.05, 0) is 30.7 Å². The minimum absolute atomic E-state index is 0.0495. The largest absolute Gasteiger partial charge is 0.352 e. The van der Waals surface area contributed by atoms with Crippen LogP contribution in [0.1, 0.15) is 18.2 Å². The van der Waals surface area contributed by atoms with E-state index in [1.165, 1.54) is 0 Å². The number of benzene rings is 1. The summed E-state index contributed by atoms with van der Waals surface area (Å²) < 4.78 is 0. The van der Waals surface area contributed by atoms with Gasteiger partial charge in [-0.1, -0.05) is 30.3 Å². The van der Waals surface area contributed by atoms with Crippen LogP contribution >= 0.6 is 11.3 Å².